The van der Waals surface area contributed by atoms with Crippen molar-refractivity contribution in [2.45, 2.75) is 64.3 Å². The van der Waals surface area contributed by atoms with Crippen molar-refractivity contribution in [3.8, 4) is 0 Å². The van der Waals surface area contributed by atoms with E-state index in [1.54, 1.807) is 24.3 Å². The van der Waals surface area contributed by atoms with E-state index < -0.39 is 52.0 Å². The quantitative estimate of drug-likeness (QED) is 0.183. The molecule has 0 spiro atoms. The van der Waals surface area contributed by atoms with Crippen molar-refractivity contribution >= 4 is 23.5 Å². The molecule has 0 amide bonds. The van der Waals surface area contributed by atoms with Crippen molar-refractivity contribution < 1.29 is 48.8 Å². The van der Waals surface area contributed by atoms with Crippen LogP contribution in [0.25, 0.3) is 0 Å². The van der Waals surface area contributed by atoms with Gasteiger partial charge in [-0.1, -0.05) is 37.6 Å². The summed E-state index contributed by atoms with van der Waals surface area (Å²) in [5.41, 5.74) is -1.10. The largest absolute Gasteiger partial charge is 0.461 e. The number of carbonyl (C=O) groups excluding carboxylic acids is 4. The van der Waals surface area contributed by atoms with Gasteiger partial charge in [0.2, 0.25) is 5.78 Å². The summed E-state index contributed by atoms with van der Waals surface area (Å²) in [7, 11) is 0. The van der Waals surface area contributed by atoms with Crippen LogP contribution in [0.2, 0.25) is 0 Å². The highest BCUT2D eigenvalue weighted by molar-refractivity contribution is 6.01. The number of carbonyl (C=O) groups is 4. The van der Waals surface area contributed by atoms with Gasteiger partial charge in [0, 0.05) is 49.5 Å². The summed E-state index contributed by atoms with van der Waals surface area (Å²) in [6.07, 6.45) is 7.11. The number of hydrogen-bond acceptors (Lipinski definition) is 13. The molecule has 2 N–H and O–H groups in total. The predicted octanol–water partition coefficient (Wildman–Crippen LogP) is 2.29. The Bertz CT molecular complexity index is 1600. The second-order valence-corrected chi connectivity index (χ2v) is 15.1. The summed E-state index contributed by atoms with van der Waals surface area (Å²) < 4.78 is 10.8. The van der Waals surface area contributed by atoms with E-state index in [9.17, 15) is 39.5 Å². The molecule has 0 aromatic heterocycles. The molecule has 1 aromatic rings. The number of esters is 2. The zero-order chi connectivity index (χ0) is 36.6. The van der Waals surface area contributed by atoms with Gasteiger partial charge >= 0.3 is 11.9 Å². The lowest BCUT2D eigenvalue weighted by Gasteiger charge is -2.59. The van der Waals surface area contributed by atoms with Crippen LogP contribution < -0.4 is 0 Å². The Labute approximate surface area is 296 Å². The van der Waals surface area contributed by atoms with Gasteiger partial charge in [-0.25, -0.2) is 4.79 Å². The van der Waals surface area contributed by atoms with Crippen molar-refractivity contribution in [3.05, 3.63) is 69.3 Å². The van der Waals surface area contributed by atoms with Gasteiger partial charge in [0.05, 0.1) is 18.2 Å². The normalized spacial score (nSPS) is 33.3. The maximum Gasteiger partial charge on any atom is 0.338 e. The lowest BCUT2D eigenvalue weighted by molar-refractivity contribution is -0.763. The number of fused-ring (bicyclic) bond motifs is 5. The molecule has 4 aliphatic carbocycles. The molecule has 1 aromatic carbocycles. The van der Waals surface area contributed by atoms with E-state index in [2.05, 4.69) is 16.7 Å². The van der Waals surface area contributed by atoms with Crippen molar-refractivity contribution in [3.63, 3.8) is 0 Å². The molecule has 6 unspecified atom stereocenters. The summed E-state index contributed by atoms with van der Waals surface area (Å²) in [6.45, 7) is 6.37. The zero-order valence-electron chi connectivity index (χ0n) is 29.2. The maximum absolute atomic E-state index is 13.6. The number of piperazine rings is 1. The van der Waals surface area contributed by atoms with Gasteiger partial charge in [-0.2, -0.15) is 0 Å². The third kappa shape index (κ3) is 7.24. The van der Waals surface area contributed by atoms with Gasteiger partial charge in [0.1, 0.15) is 18.8 Å². The molecule has 3 saturated carbocycles. The van der Waals surface area contributed by atoms with E-state index in [0.29, 0.717) is 50.3 Å². The molecular weight excluding hydrogens is 662 g/mol. The van der Waals surface area contributed by atoms with Gasteiger partial charge in [0.15, 0.2) is 12.4 Å². The van der Waals surface area contributed by atoms with Crippen LogP contribution in [0.1, 0.15) is 61.9 Å². The number of ketones is 2. The van der Waals surface area contributed by atoms with Crippen LogP contribution in [0.4, 0.5) is 0 Å². The highest BCUT2D eigenvalue weighted by atomic mass is 16.9. The van der Waals surface area contributed by atoms with Gasteiger partial charge in [-0.3, -0.25) is 24.2 Å². The molecular formula is C37H47N3O11. The van der Waals surface area contributed by atoms with Crippen LogP contribution in [0.5, 0.6) is 0 Å². The Morgan fingerprint density at radius 1 is 1.04 bits per heavy atom. The maximum atomic E-state index is 13.6. The molecule has 276 valence electrons. The molecule has 14 nitrogen and oxygen atoms in total. The fourth-order valence-electron chi connectivity index (χ4n) is 9.67. The minimum Gasteiger partial charge on any atom is -0.461 e. The Hall–Kier alpha value is -3.98. The Kier molecular flexibility index (Phi) is 10.5. The van der Waals surface area contributed by atoms with E-state index in [0.717, 1.165) is 18.4 Å². The van der Waals surface area contributed by atoms with Gasteiger partial charge in [0.25, 0.3) is 5.09 Å². The van der Waals surface area contributed by atoms with Crippen LogP contribution in [0.3, 0.4) is 0 Å². The molecule has 7 atom stereocenters. The standard InChI is InChI=1S/C37H47N3O11/c1-35-11-9-27(41)19-26(35)7-8-28-29-10-12-37(46,36(29,2)20-30(42)33(28)35)31(43)23-50-32(44)21-39-15-13-38(14-16-39)17-18-49-34(45)25-5-3-24(4-6-25)22-51-40(47)48/h3-6,9,11,19,28-30,33,42,46H,7-8,10,12-18,20-23H2,1-2H3/t28?,29?,30?,33?,35?,36?,37-/m0/s1. The fourth-order valence-corrected chi connectivity index (χ4v) is 9.67. The predicted molar refractivity (Wildman–Crippen MR) is 180 cm³/mol. The van der Waals surface area contributed by atoms with E-state index in [1.807, 2.05) is 17.9 Å². The van der Waals surface area contributed by atoms with E-state index in [-0.39, 0.29) is 56.1 Å². The molecule has 51 heavy (non-hydrogen) atoms. The van der Waals surface area contributed by atoms with Gasteiger partial charge in [-0.05, 0) is 73.8 Å². The second kappa shape index (κ2) is 14.6. The number of aliphatic hydroxyl groups is 2. The lowest BCUT2D eigenvalue weighted by atomic mass is 9.46. The van der Waals surface area contributed by atoms with Crippen molar-refractivity contribution in [1.82, 2.24) is 9.80 Å². The van der Waals surface area contributed by atoms with Crippen LogP contribution >= 0.6 is 0 Å². The van der Waals surface area contributed by atoms with Gasteiger partial charge < -0.3 is 24.5 Å². The second-order valence-electron chi connectivity index (χ2n) is 15.1. The number of benzene rings is 1. The molecule has 4 fully saturated rings. The van der Waals surface area contributed by atoms with E-state index in [4.69, 9.17) is 9.47 Å². The minimum atomic E-state index is -1.72. The smallest absolute Gasteiger partial charge is 0.338 e. The molecule has 5 aliphatic rings. The monoisotopic (exact) mass is 709 g/mol. The summed E-state index contributed by atoms with van der Waals surface area (Å²) >= 11 is 0. The average molecular weight is 710 g/mol. The number of hydrogen-bond donors (Lipinski definition) is 2. The van der Waals surface area contributed by atoms with Crippen LogP contribution in [0, 0.1) is 38.7 Å². The minimum absolute atomic E-state index is 0.00402. The lowest BCUT2D eigenvalue weighted by Crippen LogP contribution is -2.61. The first-order valence-electron chi connectivity index (χ1n) is 17.8. The Balaban J connectivity index is 0.929. The number of Topliss-reactive ketones (excluding diaryl/α,β-unsaturated/α-hetero) is 1. The number of ether oxygens (including phenoxy) is 2. The first kappa shape index (κ1) is 36.8. The summed E-state index contributed by atoms with van der Waals surface area (Å²) in [6, 6.07) is 6.17. The Morgan fingerprint density at radius 3 is 2.45 bits per heavy atom. The van der Waals surface area contributed by atoms with Crippen LogP contribution in [-0.4, -0.2) is 113 Å². The molecule has 1 saturated heterocycles. The van der Waals surface area contributed by atoms with Crippen molar-refractivity contribution in [2.24, 2.45) is 28.6 Å². The SMILES string of the molecule is CC12C=CC(=O)C=C1CCC1C2C(O)CC2(C)C1CC[C@]2(O)C(=O)COC(=O)CN1CCN(CCOC(=O)c2ccc(CO[N+](=O)[O-])cc2)CC1. The molecule has 14 heteroatoms. The summed E-state index contributed by atoms with van der Waals surface area (Å²) in [4.78, 5) is 69.6. The topological polar surface area (TPSA) is 186 Å². The first-order valence-corrected chi connectivity index (χ1v) is 17.8. The molecule has 1 aliphatic heterocycles. The van der Waals surface area contributed by atoms with Gasteiger partial charge in [-0.15, -0.1) is 10.1 Å². The highest BCUT2D eigenvalue weighted by Gasteiger charge is 2.68. The molecule has 6 rings (SSSR count). The third-order valence-corrected chi connectivity index (χ3v) is 12.5. The summed E-state index contributed by atoms with van der Waals surface area (Å²) in [5, 5.41) is 33.0. The first-order chi connectivity index (χ1) is 24.2. The third-order valence-electron chi connectivity index (χ3n) is 12.5. The van der Waals surface area contributed by atoms with Crippen molar-refractivity contribution in [2.75, 3.05) is 52.5 Å². The van der Waals surface area contributed by atoms with Crippen LogP contribution in [-0.2, 0) is 35.3 Å². The van der Waals surface area contributed by atoms with E-state index >= 15 is 0 Å². The van der Waals surface area contributed by atoms with Crippen molar-refractivity contribution in [1.29, 1.82) is 0 Å². The number of nitrogens with zero attached hydrogens (tertiary/aromatic N) is 3. The molecule has 1 heterocycles. The average Bonchev–Trinajstić information content (AvgIpc) is 3.37. The number of allylic oxidation sites excluding steroid dienone is 4. The Morgan fingerprint density at radius 2 is 1.75 bits per heavy atom. The highest BCUT2D eigenvalue weighted by Crippen LogP contribution is 2.67. The summed E-state index contributed by atoms with van der Waals surface area (Å²) in [5.74, 6) is -1.63. The van der Waals surface area contributed by atoms with E-state index in [1.165, 1.54) is 12.1 Å². The molecule has 0 bridgehead atoms. The molecule has 0 radical (unpaired) electrons. The fraction of sp³-hybridized carbons (Fsp3) is 0.622. The van der Waals surface area contributed by atoms with Crippen LogP contribution in [0.15, 0.2) is 48.1 Å². The zero-order valence-corrected chi connectivity index (χ0v) is 29.2. The number of aliphatic hydroxyl groups excluding tert-OH is 1. The number of rotatable bonds is 12.